The number of carbonyl (C=O) groups excluding carboxylic acids is 1. The Balaban J connectivity index is 1.56. The predicted octanol–water partition coefficient (Wildman–Crippen LogP) is 0.0170. The smallest absolute Gasteiger partial charge is 0.234 e. The number of hydrogen-bond donors (Lipinski definition) is 2. The maximum atomic E-state index is 11.1. The first-order valence-electron chi connectivity index (χ1n) is 4.37. The van der Waals surface area contributed by atoms with Crippen LogP contribution in [0, 0.1) is 0 Å². The standard InChI is InChI=1S/C8H14N2O/c11-8(10-7-3-4-7)5-9-6-1-2-6/h6-7,9H,1-5H2,(H,10,11). The molecule has 2 aliphatic rings. The van der Waals surface area contributed by atoms with Crippen LogP contribution in [0.5, 0.6) is 0 Å². The van der Waals surface area contributed by atoms with Crippen LogP contribution >= 0.6 is 0 Å². The maximum absolute atomic E-state index is 11.1. The van der Waals surface area contributed by atoms with Gasteiger partial charge in [-0.15, -0.1) is 0 Å². The van der Waals surface area contributed by atoms with Crippen LogP contribution in [0.15, 0.2) is 0 Å². The van der Waals surface area contributed by atoms with Gasteiger partial charge in [0.1, 0.15) is 0 Å². The molecule has 0 aromatic heterocycles. The third-order valence-electron chi connectivity index (χ3n) is 2.07. The number of amides is 1. The Morgan fingerprint density at radius 2 is 1.82 bits per heavy atom. The summed E-state index contributed by atoms with van der Waals surface area (Å²) in [7, 11) is 0. The zero-order valence-corrected chi connectivity index (χ0v) is 6.60. The summed E-state index contributed by atoms with van der Waals surface area (Å²) in [5.41, 5.74) is 0. The van der Waals surface area contributed by atoms with Crippen molar-refractivity contribution in [3.05, 3.63) is 0 Å². The van der Waals surface area contributed by atoms with Gasteiger partial charge in [-0.1, -0.05) is 0 Å². The highest BCUT2D eigenvalue weighted by atomic mass is 16.2. The molecule has 0 aromatic carbocycles. The molecule has 1 amide bonds. The normalized spacial score (nSPS) is 23.3. The topological polar surface area (TPSA) is 41.1 Å². The largest absolute Gasteiger partial charge is 0.352 e. The van der Waals surface area contributed by atoms with E-state index >= 15 is 0 Å². The van der Waals surface area contributed by atoms with Crippen molar-refractivity contribution in [2.45, 2.75) is 37.8 Å². The molecule has 62 valence electrons. The number of hydrogen-bond acceptors (Lipinski definition) is 2. The van der Waals surface area contributed by atoms with E-state index in [1.807, 2.05) is 0 Å². The van der Waals surface area contributed by atoms with Crippen LogP contribution < -0.4 is 10.6 Å². The molecule has 11 heavy (non-hydrogen) atoms. The molecule has 0 saturated heterocycles. The first-order chi connectivity index (χ1) is 5.34. The highest BCUT2D eigenvalue weighted by Gasteiger charge is 2.25. The lowest BCUT2D eigenvalue weighted by Crippen LogP contribution is -2.35. The second kappa shape index (κ2) is 2.81. The van der Waals surface area contributed by atoms with E-state index in [1.165, 1.54) is 25.7 Å². The minimum Gasteiger partial charge on any atom is -0.352 e. The van der Waals surface area contributed by atoms with Gasteiger partial charge in [-0.05, 0) is 25.7 Å². The molecule has 2 N–H and O–H groups in total. The van der Waals surface area contributed by atoms with Crippen molar-refractivity contribution in [2.24, 2.45) is 0 Å². The monoisotopic (exact) mass is 154 g/mol. The molecule has 2 aliphatic carbocycles. The third kappa shape index (κ3) is 2.50. The Labute approximate surface area is 66.5 Å². The lowest BCUT2D eigenvalue weighted by atomic mass is 10.5. The summed E-state index contributed by atoms with van der Waals surface area (Å²) in [6.07, 6.45) is 4.84. The third-order valence-corrected chi connectivity index (χ3v) is 2.07. The van der Waals surface area contributed by atoms with E-state index in [0.29, 0.717) is 18.6 Å². The predicted molar refractivity (Wildman–Crippen MR) is 42.2 cm³/mol. The average Bonchev–Trinajstić information content (AvgIpc) is 2.80. The van der Waals surface area contributed by atoms with E-state index < -0.39 is 0 Å². The van der Waals surface area contributed by atoms with Gasteiger partial charge in [-0.2, -0.15) is 0 Å². The molecule has 0 atom stereocenters. The van der Waals surface area contributed by atoms with Gasteiger partial charge >= 0.3 is 0 Å². The van der Waals surface area contributed by atoms with Crippen molar-refractivity contribution in [3.63, 3.8) is 0 Å². The SMILES string of the molecule is O=C(CNC1CC1)NC1CC1. The van der Waals surface area contributed by atoms with Gasteiger partial charge in [0.2, 0.25) is 5.91 Å². The van der Waals surface area contributed by atoms with Crippen molar-refractivity contribution < 1.29 is 4.79 Å². The molecule has 2 saturated carbocycles. The van der Waals surface area contributed by atoms with Crippen molar-refractivity contribution in [3.8, 4) is 0 Å². The molecule has 3 heteroatoms. The van der Waals surface area contributed by atoms with Crippen LogP contribution in [-0.4, -0.2) is 24.5 Å². The van der Waals surface area contributed by atoms with Crippen molar-refractivity contribution in [1.82, 2.24) is 10.6 Å². The molecule has 0 radical (unpaired) electrons. The fraction of sp³-hybridized carbons (Fsp3) is 0.875. The second-order valence-corrected chi connectivity index (χ2v) is 3.50. The van der Waals surface area contributed by atoms with Crippen molar-refractivity contribution in [2.75, 3.05) is 6.54 Å². The van der Waals surface area contributed by atoms with E-state index in [-0.39, 0.29) is 5.91 Å². The first kappa shape index (κ1) is 7.10. The summed E-state index contributed by atoms with van der Waals surface area (Å²) in [6, 6.07) is 1.14. The lowest BCUT2D eigenvalue weighted by Gasteiger charge is -2.02. The first-order valence-corrected chi connectivity index (χ1v) is 4.37. The maximum Gasteiger partial charge on any atom is 0.234 e. The van der Waals surface area contributed by atoms with Crippen molar-refractivity contribution in [1.29, 1.82) is 0 Å². The van der Waals surface area contributed by atoms with Gasteiger partial charge in [-0.25, -0.2) is 0 Å². The molecular weight excluding hydrogens is 140 g/mol. The lowest BCUT2D eigenvalue weighted by molar-refractivity contribution is -0.120. The zero-order valence-electron chi connectivity index (χ0n) is 6.60. The Kier molecular flexibility index (Phi) is 1.82. The van der Waals surface area contributed by atoms with E-state index in [2.05, 4.69) is 10.6 Å². The van der Waals surface area contributed by atoms with Crippen molar-refractivity contribution >= 4 is 5.91 Å². The van der Waals surface area contributed by atoms with Gasteiger partial charge < -0.3 is 10.6 Å². The molecule has 0 aliphatic heterocycles. The fourth-order valence-electron chi connectivity index (χ4n) is 1.03. The van der Waals surface area contributed by atoms with Crippen LogP contribution in [0.25, 0.3) is 0 Å². The van der Waals surface area contributed by atoms with Crippen LogP contribution in [0.2, 0.25) is 0 Å². The summed E-state index contributed by atoms with van der Waals surface area (Å²) in [5, 5.41) is 6.11. The average molecular weight is 154 g/mol. The Morgan fingerprint density at radius 3 is 2.36 bits per heavy atom. The van der Waals surface area contributed by atoms with Crippen LogP contribution in [-0.2, 0) is 4.79 Å². The van der Waals surface area contributed by atoms with Gasteiger partial charge in [0.25, 0.3) is 0 Å². The summed E-state index contributed by atoms with van der Waals surface area (Å²) >= 11 is 0. The van der Waals surface area contributed by atoms with Gasteiger partial charge in [0.15, 0.2) is 0 Å². The van der Waals surface area contributed by atoms with Gasteiger partial charge in [0.05, 0.1) is 6.54 Å². The molecular formula is C8H14N2O. The number of carbonyl (C=O) groups is 1. The summed E-state index contributed by atoms with van der Waals surface area (Å²) in [6.45, 7) is 0.515. The molecule has 0 heterocycles. The van der Waals surface area contributed by atoms with E-state index in [1.54, 1.807) is 0 Å². The molecule has 3 nitrogen and oxygen atoms in total. The molecule has 2 fully saturated rings. The summed E-state index contributed by atoms with van der Waals surface area (Å²) in [4.78, 5) is 11.1. The zero-order chi connectivity index (χ0) is 7.68. The summed E-state index contributed by atoms with van der Waals surface area (Å²) < 4.78 is 0. The highest BCUT2D eigenvalue weighted by molar-refractivity contribution is 5.78. The van der Waals surface area contributed by atoms with E-state index in [0.717, 1.165) is 0 Å². The van der Waals surface area contributed by atoms with Crippen LogP contribution in [0.1, 0.15) is 25.7 Å². The highest BCUT2D eigenvalue weighted by Crippen LogP contribution is 2.19. The fourth-order valence-corrected chi connectivity index (χ4v) is 1.03. The molecule has 0 bridgehead atoms. The minimum atomic E-state index is 0.166. The van der Waals surface area contributed by atoms with E-state index in [4.69, 9.17) is 0 Å². The molecule has 0 unspecified atom stereocenters. The van der Waals surface area contributed by atoms with Crippen LogP contribution in [0.4, 0.5) is 0 Å². The quantitative estimate of drug-likeness (QED) is 0.599. The molecule has 2 rings (SSSR count). The number of nitrogens with one attached hydrogen (secondary N) is 2. The van der Waals surface area contributed by atoms with Gasteiger partial charge in [0, 0.05) is 12.1 Å². The summed E-state index contributed by atoms with van der Waals surface area (Å²) in [5.74, 6) is 0.166. The van der Waals surface area contributed by atoms with E-state index in [9.17, 15) is 4.79 Å². The molecule has 0 aromatic rings. The van der Waals surface area contributed by atoms with Gasteiger partial charge in [-0.3, -0.25) is 4.79 Å². The Bertz CT molecular complexity index is 161. The van der Waals surface area contributed by atoms with Crippen LogP contribution in [0.3, 0.4) is 0 Å². The minimum absolute atomic E-state index is 0.166. The Hall–Kier alpha value is -0.570. The Morgan fingerprint density at radius 1 is 1.18 bits per heavy atom. The molecule has 0 spiro atoms. The second-order valence-electron chi connectivity index (χ2n) is 3.50. The number of rotatable bonds is 4.